The van der Waals surface area contributed by atoms with E-state index in [9.17, 15) is 43.6 Å². The van der Waals surface area contributed by atoms with Gasteiger partial charge in [-0.3, -0.25) is 71.9 Å². The summed E-state index contributed by atoms with van der Waals surface area (Å²) in [7, 11) is 0. The van der Waals surface area contributed by atoms with Gasteiger partial charge in [0.1, 0.15) is 55.0 Å². The highest BCUT2D eigenvalue weighted by molar-refractivity contribution is 8.44. The van der Waals surface area contributed by atoms with Gasteiger partial charge >= 0.3 is 27.0 Å². The SMILES string of the molecule is CC(C)C(=O)Nc1nc2c(ncn2[C@@H]2O[C@@H]3COP(=S)(OCCC#N)O[C@@H]4C[C@H](n5cnc6c(NC(=O)c7ccccc7)ncnc65)O[C@@H]4COP(O)(=S)O[C@H]2C3)c(=O)[nH]1.CC(C)C(=O)Nc1nc2c(ncn2[C@@H]2O[C@@H]3COP(O)(=S)O[C@@H]4C[C@H](n5cnc6c(N)ncnc65)O[C@@H]4COP(=O)(S)O[C@H]2C3)c(=O)[nH]1.N.N.N.N. The molecule has 8 aromatic heterocycles. The summed E-state index contributed by atoms with van der Waals surface area (Å²) in [6.07, 6.45) is -2.14. The van der Waals surface area contributed by atoms with E-state index in [1.54, 1.807) is 67.2 Å². The normalized spacial score (nSPS) is 29.3. The maximum absolute atomic E-state index is 13.6. The Balaban J connectivity index is 0.000000235. The molecule has 6 saturated heterocycles. The summed E-state index contributed by atoms with van der Waals surface area (Å²) in [5.41, 5.74) is 6.55. The average molecular weight is 1710 g/mol. The highest BCUT2D eigenvalue weighted by Gasteiger charge is 2.49. The lowest BCUT2D eigenvalue weighted by Gasteiger charge is -2.29. The second kappa shape index (κ2) is 35.7. The van der Waals surface area contributed by atoms with Crippen LogP contribution >= 0.6 is 39.2 Å². The Hall–Kier alpha value is -7.51. The van der Waals surface area contributed by atoms with Crippen LogP contribution in [0.25, 0.3) is 44.7 Å². The van der Waals surface area contributed by atoms with Gasteiger partial charge in [-0.1, -0.05) is 58.1 Å². The number of nitrogen functional groups attached to an aromatic ring is 1. The fraction of sp³-hybridized carbons (Fsp3) is 0.483. The van der Waals surface area contributed by atoms with Crippen molar-refractivity contribution >= 4 is 161 Å². The molecule has 6 aliphatic heterocycles. The van der Waals surface area contributed by atoms with Crippen molar-refractivity contribution in [1.29, 1.82) is 5.26 Å². The Morgan fingerprint density at radius 1 is 0.598 bits per heavy atom. The van der Waals surface area contributed by atoms with Gasteiger partial charge in [-0.05, 0) is 47.6 Å². The molecule has 1 aromatic carbocycles. The Morgan fingerprint density at radius 3 is 1.62 bits per heavy atom. The maximum atomic E-state index is 13.6. The number of thiol groups is 1. The zero-order valence-corrected chi connectivity index (χ0v) is 66.7. The molecule has 0 spiro atoms. The number of H-pyrrole nitrogens is 2. The molecule has 3 amide bonds. The number of nitrogens with zero attached hydrogens (tertiary/aromatic N) is 15. The van der Waals surface area contributed by atoms with E-state index in [4.69, 9.17) is 101 Å². The molecule has 606 valence electrons. The lowest BCUT2D eigenvalue weighted by atomic mass is 10.2. The predicted molar refractivity (Wildman–Crippen MR) is 410 cm³/mol. The standard InChI is InChI=1S/C34H37N11O11P2S2.C24H30N10O10P2S2.4H3N/c1-18(2)30(46)42-34-41-29-26(32(48)43-34)39-17-45(29)33-22-11-20(53-33)13-52-58(60,50-10-6-9-35)56-21-12-24(54-23(21)14-51-57(49,59)55-22)44-16-38-25-27(36-15-37-28(25)44)40-31(47)19-7-4-3-5-8-19;1-10(2)21(35)31-24-30-20-17(22(36)32-24)29-9-34(20)23-13-3-11(41-23)5-39-45(37,47)43-12-4-15(42-14(12)6-40-46(38,48)44-13)33-8-28-16-18(25)26-7-27-19(16)33;;;;/h3-5,7-8,15-18,20-24,33H,6,10-14H2,1-2H3,(H,49,59)(H,36,37,40,47)(H2,41,42,43,46,48);7-15,23H,3-6H2,1-2H3,(H,37,47)(H,38,48)(H2,25,26,27)(H2,30,31,32,35,36);4*1H3/t20-,21+,22-,23+,24+,33+,57?,58?;11-,12+,13-,14+,15+,23+,45?,46?;;;;/m00..../s1. The van der Waals surface area contributed by atoms with Crippen molar-refractivity contribution in [2.45, 2.75) is 134 Å². The van der Waals surface area contributed by atoms with Crippen LogP contribution < -0.4 is 57.4 Å². The van der Waals surface area contributed by atoms with Gasteiger partial charge in [0.05, 0.1) is 95.2 Å². The molecule has 6 fully saturated rings. The summed E-state index contributed by atoms with van der Waals surface area (Å²) < 4.78 is 98.7. The Kier molecular flexibility index (Phi) is 27.7. The number of amides is 3. The van der Waals surface area contributed by atoms with E-state index in [2.05, 4.69) is 88.0 Å². The molecule has 9 aromatic rings. The number of anilines is 4. The van der Waals surface area contributed by atoms with Crippen molar-refractivity contribution in [3.63, 3.8) is 0 Å². The average Bonchev–Trinajstić information content (AvgIpc) is 1.60. The predicted octanol–water partition coefficient (Wildman–Crippen LogP) is 6.00. The summed E-state index contributed by atoms with van der Waals surface area (Å²) in [6.45, 7) is -10.2. The van der Waals surface area contributed by atoms with Gasteiger partial charge in [0.2, 0.25) is 23.7 Å². The Morgan fingerprint density at radius 2 is 1.07 bits per heavy atom. The van der Waals surface area contributed by atoms with E-state index in [1.165, 1.54) is 47.1 Å². The highest BCUT2D eigenvalue weighted by Crippen LogP contribution is 2.60. The number of benzene rings is 1. The van der Waals surface area contributed by atoms with Gasteiger partial charge in [-0.15, -0.1) is 0 Å². The minimum absolute atomic E-state index is 0. The van der Waals surface area contributed by atoms with Crippen molar-refractivity contribution in [2.75, 3.05) is 54.7 Å². The molecule has 15 rings (SSSR count). The molecule has 6 aliphatic rings. The van der Waals surface area contributed by atoms with E-state index >= 15 is 0 Å². The van der Waals surface area contributed by atoms with Gasteiger partial charge in [-0.2, -0.15) is 15.2 Å². The summed E-state index contributed by atoms with van der Waals surface area (Å²) in [5, 5.41) is 17.2. The first kappa shape index (κ1) is 86.9. The molecule has 0 saturated carbocycles. The molecule has 16 atom stereocenters. The van der Waals surface area contributed by atoms with Crippen LogP contribution in [0.4, 0.5) is 23.5 Å². The summed E-state index contributed by atoms with van der Waals surface area (Å²) in [5.74, 6) is -1.75. The number of aromatic nitrogens is 16. The van der Waals surface area contributed by atoms with Gasteiger partial charge in [0.25, 0.3) is 17.0 Å². The quantitative estimate of drug-likeness (QED) is 0.0357. The first-order chi connectivity index (χ1) is 51.6. The van der Waals surface area contributed by atoms with Crippen LogP contribution in [0.5, 0.6) is 0 Å². The number of hydrogen-bond donors (Lipinski definition) is 13. The molecule has 46 nitrogen and oxygen atoms in total. The molecule has 0 aliphatic carbocycles. The van der Waals surface area contributed by atoms with E-state index in [-0.39, 0.29) is 159 Å². The molecular weight excluding hydrogens is 1630 g/mol. The molecule has 14 heterocycles. The van der Waals surface area contributed by atoms with E-state index in [1.807, 2.05) is 6.07 Å². The summed E-state index contributed by atoms with van der Waals surface area (Å²) >= 11 is 21.0. The van der Waals surface area contributed by atoms with Crippen molar-refractivity contribution < 1.29 is 88.4 Å². The largest absolute Gasteiger partial charge is 0.386 e. The third-order valence-electron chi connectivity index (χ3n) is 17.4. The smallest absolute Gasteiger partial charge is 0.382 e. The van der Waals surface area contributed by atoms with Crippen molar-refractivity contribution in [2.24, 2.45) is 11.8 Å². The van der Waals surface area contributed by atoms with Crippen LogP contribution in [-0.2, 0) is 109 Å². The Bertz CT molecular complexity index is 5310. The molecule has 4 unspecified atom stereocenters. The molecular formula is C58H79N25O21P4S4. The number of hydrogen-bond acceptors (Lipinski definition) is 38. The lowest BCUT2D eigenvalue weighted by molar-refractivity contribution is -0.119. The van der Waals surface area contributed by atoms with Crippen LogP contribution in [0.15, 0.2) is 77.9 Å². The van der Waals surface area contributed by atoms with Crippen LogP contribution in [-0.4, -0.2) is 187 Å². The van der Waals surface area contributed by atoms with Gasteiger partial charge in [-0.25, -0.2) is 44.4 Å². The fourth-order valence-corrected chi connectivity index (χ4v) is 18.8. The van der Waals surface area contributed by atoms with E-state index < -0.39 is 118 Å². The van der Waals surface area contributed by atoms with Gasteiger partial charge < -0.3 is 96.1 Å². The van der Waals surface area contributed by atoms with Crippen LogP contribution in [0.2, 0.25) is 0 Å². The van der Waals surface area contributed by atoms with Crippen LogP contribution in [0.3, 0.4) is 0 Å². The zero-order valence-electron chi connectivity index (χ0n) is 59.7. The summed E-state index contributed by atoms with van der Waals surface area (Å²) in [6, 6.07) is 10.6. The number of nitrogens with one attached hydrogen (secondary N) is 5. The first-order valence-electron chi connectivity index (χ1n) is 33.1. The maximum Gasteiger partial charge on any atom is 0.386 e. The second-order valence-electron chi connectivity index (χ2n) is 25.6. The van der Waals surface area contributed by atoms with Crippen molar-refractivity contribution in [3.05, 3.63) is 94.6 Å². The zero-order chi connectivity index (χ0) is 76.1. The van der Waals surface area contributed by atoms with Gasteiger partial charge in [0.15, 0.2) is 63.2 Å². The minimum atomic E-state index is -4.13. The number of ether oxygens (including phenoxy) is 4. The van der Waals surface area contributed by atoms with E-state index in [0.29, 0.717) is 27.9 Å². The van der Waals surface area contributed by atoms with Crippen LogP contribution in [0, 0.1) is 23.2 Å². The molecule has 54 heteroatoms. The minimum Gasteiger partial charge on any atom is -0.382 e. The fourth-order valence-electron chi connectivity index (χ4n) is 12.2. The van der Waals surface area contributed by atoms with Crippen LogP contribution in [0.1, 0.15) is 95.1 Å². The number of rotatable bonds is 13. The highest BCUT2D eigenvalue weighted by atomic mass is 32.7. The number of carbonyl (C=O) groups is 3. The van der Waals surface area contributed by atoms with E-state index in [0.717, 1.165) is 0 Å². The number of carbonyl (C=O) groups excluding carboxylic acids is 3. The number of aromatic amines is 2. The Labute approximate surface area is 654 Å². The lowest BCUT2D eigenvalue weighted by Crippen LogP contribution is -2.29. The van der Waals surface area contributed by atoms with Crippen molar-refractivity contribution in [1.82, 2.24) is 103 Å². The second-order valence-corrected chi connectivity index (χ2v) is 37.0. The third kappa shape index (κ3) is 19.2. The molecule has 0 radical (unpaired) electrons. The number of nitriles is 1. The van der Waals surface area contributed by atoms with Gasteiger partial charge in [0, 0.05) is 43.1 Å². The number of nitrogens with two attached hydrogens (primary N) is 1. The monoisotopic (exact) mass is 1710 g/mol. The first-order valence-corrected chi connectivity index (χ1v) is 43.6. The van der Waals surface area contributed by atoms with Crippen molar-refractivity contribution in [3.8, 4) is 6.07 Å². The summed E-state index contributed by atoms with van der Waals surface area (Å²) in [4.78, 5) is 134. The molecule has 21 N–H and O–H groups in total. The third-order valence-corrected chi connectivity index (χ3v) is 24.6. The molecule has 112 heavy (non-hydrogen) atoms. The number of imidazole rings is 4. The topological polar surface area (TPSA) is 669 Å². The molecule has 4 bridgehead atoms. The number of fused-ring (bicyclic) bond motifs is 10.